The molecule has 1 fully saturated rings. The van der Waals surface area contributed by atoms with Crippen LogP contribution in [-0.4, -0.2) is 39.4 Å². The molecule has 1 amide bonds. The number of rotatable bonds is 3. The fourth-order valence-corrected chi connectivity index (χ4v) is 3.34. The number of anilines is 1. The van der Waals surface area contributed by atoms with Crippen LogP contribution in [0.5, 0.6) is 5.75 Å². The van der Waals surface area contributed by atoms with E-state index in [4.69, 9.17) is 10.5 Å². The van der Waals surface area contributed by atoms with Crippen molar-refractivity contribution in [3.8, 4) is 5.75 Å². The second-order valence-electron chi connectivity index (χ2n) is 6.28. The van der Waals surface area contributed by atoms with Crippen molar-refractivity contribution in [2.75, 3.05) is 19.4 Å². The summed E-state index contributed by atoms with van der Waals surface area (Å²) in [4.78, 5) is 27.9. The van der Waals surface area contributed by atoms with Gasteiger partial charge in [-0.2, -0.15) is 0 Å². The highest BCUT2D eigenvalue weighted by molar-refractivity contribution is 5.97. The maximum absolute atomic E-state index is 13.1. The molecule has 1 unspecified atom stereocenters. The number of hydrogen-bond donors (Lipinski definition) is 1. The van der Waals surface area contributed by atoms with Crippen LogP contribution < -0.4 is 10.5 Å². The quantitative estimate of drug-likeness (QED) is 0.781. The average molecular weight is 349 g/mol. The lowest BCUT2D eigenvalue weighted by atomic mass is 10.1. The summed E-state index contributed by atoms with van der Waals surface area (Å²) >= 11 is 0. The van der Waals surface area contributed by atoms with Gasteiger partial charge in [-0.3, -0.25) is 9.78 Å². The van der Waals surface area contributed by atoms with Gasteiger partial charge in [-0.25, -0.2) is 9.97 Å². The second-order valence-corrected chi connectivity index (χ2v) is 6.28. The van der Waals surface area contributed by atoms with Crippen LogP contribution in [0, 0.1) is 0 Å². The number of ether oxygens (including phenoxy) is 1. The maximum atomic E-state index is 13.1. The van der Waals surface area contributed by atoms with Crippen LogP contribution in [0.25, 0.3) is 10.9 Å². The maximum Gasteiger partial charge on any atom is 0.256 e. The summed E-state index contributed by atoms with van der Waals surface area (Å²) in [6.45, 7) is 0.669. The molecule has 4 rings (SSSR count). The van der Waals surface area contributed by atoms with E-state index >= 15 is 0 Å². The normalized spacial score (nSPS) is 16.8. The monoisotopic (exact) mass is 349 g/mol. The molecule has 7 nitrogen and oxygen atoms in total. The number of likely N-dealkylation sites (tertiary alicyclic amines) is 1. The Kier molecular flexibility index (Phi) is 4.12. The number of nitrogen functional groups attached to an aromatic ring is 1. The van der Waals surface area contributed by atoms with Gasteiger partial charge in [0.15, 0.2) is 5.82 Å². The molecular formula is C19H19N5O2. The minimum Gasteiger partial charge on any atom is -0.497 e. The van der Waals surface area contributed by atoms with Crippen molar-refractivity contribution in [1.82, 2.24) is 19.9 Å². The molecule has 1 atom stereocenters. The first kappa shape index (κ1) is 16.3. The van der Waals surface area contributed by atoms with E-state index in [1.54, 1.807) is 30.5 Å². The number of nitrogens with two attached hydrogens (primary N) is 1. The van der Waals surface area contributed by atoms with Gasteiger partial charge < -0.3 is 15.4 Å². The molecule has 2 aromatic heterocycles. The predicted octanol–water partition coefficient (Wildman–Crippen LogP) is 2.59. The molecule has 3 aromatic rings. The van der Waals surface area contributed by atoms with Crippen molar-refractivity contribution in [2.24, 2.45) is 0 Å². The number of carbonyl (C=O) groups excluding carboxylic acids is 1. The van der Waals surface area contributed by atoms with Crippen molar-refractivity contribution in [2.45, 2.75) is 18.9 Å². The third-order valence-electron chi connectivity index (χ3n) is 4.65. The number of fused-ring (bicyclic) bond motifs is 1. The van der Waals surface area contributed by atoms with Gasteiger partial charge in [0.2, 0.25) is 0 Å². The van der Waals surface area contributed by atoms with Gasteiger partial charge in [-0.05, 0) is 37.1 Å². The molecule has 2 N–H and O–H groups in total. The fourth-order valence-electron chi connectivity index (χ4n) is 3.34. The minimum absolute atomic E-state index is 0.0660. The smallest absolute Gasteiger partial charge is 0.256 e. The van der Waals surface area contributed by atoms with Gasteiger partial charge in [-0.1, -0.05) is 0 Å². The number of hydrogen-bond acceptors (Lipinski definition) is 6. The predicted molar refractivity (Wildman–Crippen MR) is 97.8 cm³/mol. The number of carbonyl (C=O) groups is 1. The summed E-state index contributed by atoms with van der Waals surface area (Å²) in [7, 11) is 1.62. The zero-order chi connectivity index (χ0) is 18.1. The van der Waals surface area contributed by atoms with E-state index < -0.39 is 0 Å². The number of nitrogens with zero attached hydrogens (tertiary/aromatic N) is 4. The first-order valence-corrected chi connectivity index (χ1v) is 8.49. The Balaban J connectivity index is 1.64. The zero-order valence-electron chi connectivity index (χ0n) is 14.4. The van der Waals surface area contributed by atoms with Crippen LogP contribution in [0.15, 0.2) is 42.7 Å². The van der Waals surface area contributed by atoms with E-state index in [1.807, 2.05) is 24.3 Å². The molecule has 1 aromatic carbocycles. The molecule has 0 aliphatic carbocycles. The van der Waals surface area contributed by atoms with Crippen molar-refractivity contribution < 1.29 is 9.53 Å². The van der Waals surface area contributed by atoms with Crippen LogP contribution in [-0.2, 0) is 0 Å². The Labute approximate surface area is 150 Å². The molecule has 7 heteroatoms. The first-order valence-electron chi connectivity index (χ1n) is 8.49. The molecule has 0 bridgehead atoms. The molecule has 1 aliphatic heterocycles. The second kappa shape index (κ2) is 6.59. The summed E-state index contributed by atoms with van der Waals surface area (Å²) in [5.41, 5.74) is 7.11. The molecule has 0 saturated carbocycles. The van der Waals surface area contributed by atoms with Crippen LogP contribution in [0.2, 0.25) is 0 Å². The van der Waals surface area contributed by atoms with Crippen LogP contribution in [0.1, 0.15) is 35.1 Å². The molecule has 0 radical (unpaired) electrons. The number of pyridine rings is 1. The van der Waals surface area contributed by atoms with Crippen molar-refractivity contribution >= 4 is 22.6 Å². The SMILES string of the molecule is COc1ccc2cc(C(=O)N3CCCC3c3nccc(N)n3)cnc2c1. The highest BCUT2D eigenvalue weighted by atomic mass is 16.5. The molecular weight excluding hydrogens is 330 g/mol. The minimum atomic E-state index is -0.155. The number of aromatic nitrogens is 3. The Bertz CT molecular complexity index is 975. The summed E-state index contributed by atoms with van der Waals surface area (Å²) < 4.78 is 5.21. The number of benzene rings is 1. The highest BCUT2D eigenvalue weighted by Gasteiger charge is 2.32. The van der Waals surface area contributed by atoms with E-state index in [1.165, 1.54) is 0 Å². The average Bonchev–Trinajstić information content (AvgIpc) is 3.16. The first-order chi connectivity index (χ1) is 12.7. The standard InChI is InChI=1S/C19H19N5O2/c1-26-14-5-4-12-9-13(11-22-15(12)10-14)19(25)24-8-2-3-16(24)18-21-7-6-17(20)23-18/h4-7,9-11,16H,2-3,8H2,1H3,(H2,20,21,23). The summed E-state index contributed by atoms with van der Waals surface area (Å²) in [6.07, 6.45) is 4.98. The Morgan fingerprint density at radius 3 is 2.96 bits per heavy atom. The van der Waals surface area contributed by atoms with Crippen LogP contribution in [0.3, 0.4) is 0 Å². The van der Waals surface area contributed by atoms with E-state index in [0.717, 1.165) is 29.5 Å². The van der Waals surface area contributed by atoms with Gasteiger partial charge in [0.25, 0.3) is 5.91 Å². The van der Waals surface area contributed by atoms with E-state index in [0.29, 0.717) is 23.8 Å². The highest BCUT2D eigenvalue weighted by Crippen LogP contribution is 2.31. The molecule has 1 saturated heterocycles. The Hall–Kier alpha value is -3.22. The van der Waals surface area contributed by atoms with Gasteiger partial charge in [0.1, 0.15) is 11.6 Å². The van der Waals surface area contributed by atoms with Crippen molar-refractivity contribution in [1.29, 1.82) is 0 Å². The largest absolute Gasteiger partial charge is 0.497 e. The fraction of sp³-hybridized carbons (Fsp3) is 0.263. The topological polar surface area (TPSA) is 94.2 Å². The van der Waals surface area contributed by atoms with Gasteiger partial charge in [0, 0.05) is 30.4 Å². The number of amides is 1. The van der Waals surface area contributed by atoms with E-state index in [-0.39, 0.29) is 11.9 Å². The zero-order valence-corrected chi connectivity index (χ0v) is 14.4. The van der Waals surface area contributed by atoms with Crippen molar-refractivity contribution in [3.63, 3.8) is 0 Å². The third kappa shape index (κ3) is 2.92. The molecule has 0 spiro atoms. The summed E-state index contributed by atoms with van der Waals surface area (Å²) in [6, 6.07) is 8.96. The van der Waals surface area contributed by atoms with E-state index in [9.17, 15) is 4.79 Å². The lowest BCUT2D eigenvalue weighted by Gasteiger charge is -2.23. The molecule has 132 valence electrons. The molecule has 26 heavy (non-hydrogen) atoms. The summed E-state index contributed by atoms with van der Waals surface area (Å²) in [5, 5.41) is 0.896. The molecule has 1 aliphatic rings. The Morgan fingerprint density at radius 1 is 1.27 bits per heavy atom. The van der Waals surface area contributed by atoms with Crippen molar-refractivity contribution in [3.05, 3.63) is 54.1 Å². The van der Waals surface area contributed by atoms with Crippen LogP contribution in [0.4, 0.5) is 5.82 Å². The van der Waals surface area contributed by atoms with Gasteiger partial charge in [0.05, 0.1) is 24.2 Å². The van der Waals surface area contributed by atoms with Crippen LogP contribution >= 0.6 is 0 Å². The lowest BCUT2D eigenvalue weighted by molar-refractivity contribution is 0.0729. The van der Waals surface area contributed by atoms with Gasteiger partial charge >= 0.3 is 0 Å². The summed E-state index contributed by atoms with van der Waals surface area (Å²) in [5.74, 6) is 1.68. The van der Waals surface area contributed by atoms with E-state index in [2.05, 4.69) is 15.0 Å². The third-order valence-corrected chi connectivity index (χ3v) is 4.65. The lowest BCUT2D eigenvalue weighted by Crippen LogP contribution is -2.31. The Morgan fingerprint density at radius 2 is 2.15 bits per heavy atom. The van der Waals surface area contributed by atoms with Gasteiger partial charge in [-0.15, -0.1) is 0 Å². The number of methoxy groups -OCH3 is 1. The molecule has 3 heterocycles.